The van der Waals surface area contributed by atoms with Crippen molar-refractivity contribution in [2.75, 3.05) is 50.0 Å². The minimum absolute atomic E-state index is 0.0124. The predicted octanol–water partition coefficient (Wildman–Crippen LogP) is 23.7. The van der Waals surface area contributed by atoms with Gasteiger partial charge in [-0.1, -0.05) is 43.0 Å². The number of methoxy groups -OCH3 is 3. The van der Waals surface area contributed by atoms with Gasteiger partial charge in [0.05, 0.1) is 115 Å². The number of ketones is 3. The van der Waals surface area contributed by atoms with Crippen LogP contribution in [0, 0.1) is 5.82 Å². The van der Waals surface area contributed by atoms with E-state index in [2.05, 4.69) is 46.2 Å². The minimum atomic E-state index is -4.70. The topological polar surface area (TPSA) is 329 Å². The van der Waals surface area contributed by atoms with Crippen LogP contribution in [0.5, 0.6) is 11.5 Å². The third-order valence-electron chi connectivity index (χ3n) is 18.6. The van der Waals surface area contributed by atoms with Crippen molar-refractivity contribution >= 4 is 176 Å². The number of nitrogen functional groups attached to an aromatic ring is 5. The summed E-state index contributed by atoms with van der Waals surface area (Å²) in [6.07, 6.45) is -9.70. The number of carbonyl (C=O) groups is 4. The van der Waals surface area contributed by atoms with E-state index in [9.17, 15) is 76.3 Å². The van der Waals surface area contributed by atoms with E-state index in [1.807, 2.05) is 42.5 Å². The van der Waals surface area contributed by atoms with Crippen LogP contribution in [-0.2, 0) is 29.4 Å². The Hall–Kier alpha value is -13.7. The molecule has 126 heavy (non-hydrogen) atoms. The number of thiophene rings is 6. The highest BCUT2D eigenvalue weighted by Crippen LogP contribution is 2.50. The summed E-state index contributed by atoms with van der Waals surface area (Å²) in [5.74, 6) is -1.42. The largest absolute Gasteiger partial charge is 0.493 e. The molecule has 0 radical (unpaired) electrons. The first-order chi connectivity index (χ1) is 59.8. The number of nitrogens with two attached hydrogens (primary N) is 5. The SMILES string of the molecule is C=C(C)c1sc2nc(-c3cccs3)cc(C(F)(F)F)c2c1N.CC(=O)c1sc2nc(-c3cccnc3)cc(C(F)(F)F)c2c1N.COC(=O)c1sc2nc(-c3cccnc3)cc(C(F)(F)F)c2c1N.COc1ccc(C(=O)c2sc3nc(-c4ccccc4)ccc3c2N)cc1OC.Nc1c(C(=O)c2ccc(F)cc2)sc2nc(-c3cccnc3)cc(C(F)(F)F)c12. The standard InChI is InChI=1S/C22H18N2O3S.C20H11F4N3OS.C15H10F3N3O2S.C15H10F3N3OS.C15H11F3N2S2/c1-26-17-11-8-14(12-18(17)27-2)20(25)21-19(23)15-9-10-16(24-22(15)28-21)13-6-4-3-5-7-13;21-12-5-3-10(4-6-12)17(28)18-16(25)15-13(20(22,23)24)8-14(27-19(15)29-18)11-2-1-7-26-9-11;1-23-14(22)12-11(19)10-8(15(16,17)18)5-9(21-13(10)24-12)7-3-2-4-20-6-7;1-7(22)13-12(19)11-9(15(16,17)18)5-10(21-14(11)23-13)8-3-2-4-20-6-8;1-7(2)13-12(19)11-8(15(16,17)18)6-9(20-14(11)22-13)10-4-3-5-21-10/h3-12H,23H2,1-2H3;1-9H,25H2;2-6H,19H2,1H3;2-6H,19H2,1H3;3-6H,1,19H2,2H3. The van der Waals surface area contributed by atoms with E-state index in [-0.39, 0.29) is 112 Å². The Bertz CT molecular complexity index is 7010. The summed E-state index contributed by atoms with van der Waals surface area (Å²) in [6, 6.07) is 40.4. The van der Waals surface area contributed by atoms with Crippen LogP contribution in [0.2, 0.25) is 0 Å². The van der Waals surface area contributed by atoms with Crippen molar-refractivity contribution in [3.05, 3.63) is 270 Å². The van der Waals surface area contributed by atoms with Crippen LogP contribution in [0.1, 0.15) is 90.8 Å². The number of hydrogen-bond donors (Lipinski definition) is 5. The number of allylic oxidation sites excluding steroid dienone is 1. The summed E-state index contributed by atoms with van der Waals surface area (Å²) in [7, 11) is 4.22. The second kappa shape index (κ2) is 36.6. The summed E-state index contributed by atoms with van der Waals surface area (Å²) in [5, 5.41) is 1.72. The number of esters is 1. The molecule has 17 aromatic rings. The van der Waals surface area contributed by atoms with Crippen molar-refractivity contribution in [1.29, 1.82) is 0 Å². The van der Waals surface area contributed by atoms with E-state index in [0.717, 1.165) is 110 Å². The minimum Gasteiger partial charge on any atom is -0.493 e. The van der Waals surface area contributed by atoms with Gasteiger partial charge in [-0.3, -0.25) is 29.3 Å². The molecule has 0 fully saturated rings. The van der Waals surface area contributed by atoms with Gasteiger partial charge in [0.1, 0.15) is 44.6 Å². The van der Waals surface area contributed by atoms with Gasteiger partial charge in [0.25, 0.3) is 0 Å². The Morgan fingerprint density at radius 2 is 0.770 bits per heavy atom. The molecule has 0 atom stereocenters. The quantitative estimate of drug-likeness (QED) is 0.0383. The lowest BCUT2D eigenvalue weighted by molar-refractivity contribution is -0.137. The number of pyridine rings is 8. The molecular formula is C87H60F13N13O7S6. The maximum absolute atomic E-state index is 13.8. The van der Waals surface area contributed by atoms with Gasteiger partial charge in [0.2, 0.25) is 11.6 Å². The number of rotatable bonds is 14. The smallest absolute Gasteiger partial charge is 0.417 e. The van der Waals surface area contributed by atoms with Crippen molar-refractivity contribution < 1.29 is 90.5 Å². The monoisotopic (exact) mass is 1840 g/mol. The molecule has 0 aliphatic carbocycles. The van der Waals surface area contributed by atoms with Gasteiger partial charge >= 0.3 is 30.7 Å². The Labute approximate surface area is 728 Å². The molecule has 0 aliphatic rings. The van der Waals surface area contributed by atoms with Crippen LogP contribution < -0.4 is 38.1 Å². The summed E-state index contributed by atoms with van der Waals surface area (Å²) < 4.78 is 190. The molecule has 17 rings (SSSR count). The zero-order valence-electron chi connectivity index (χ0n) is 65.4. The van der Waals surface area contributed by atoms with Gasteiger partial charge < -0.3 is 42.9 Å². The first-order valence-corrected chi connectivity index (χ1v) is 41.3. The van der Waals surface area contributed by atoms with E-state index >= 15 is 0 Å². The number of fused-ring (bicyclic) bond motifs is 5. The average Bonchev–Trinajstić information content (AvgIpc) is 1.61. The van der Waals surface area contributed by atoms with E-state index < -0.39 is 64.5 Å². The van der Waals surface area contributed by atoms with Gasteiger partial charge in [-0.05, 0) is 139 Å². The first-order valence-electron chi connectivity index (χ1n) is 36.3. The van der Waals surface area contributed by atoms with E-state index in [1.54, 1.807) is 86.1 Å². The number of carbonyl (C=O) groups excluding carboxylic acids is 4. The number of benzene rings is 3. The molecule has 0 bridgehead atoms. The summed E-state index contributed by atoms with van der Waals surface area (Å²) in [4.78, 5) is 85.3. The molecule has 10 N–H and O–H groups in total. The zero-order chi connectivity index (χ0) is 90.8. The van der Waals surface area contributed by atoms with Gasteiger partial charge in [-0.2, -0.15) is 52.7 Å². The highest BCUT2D eigenvalue weighted by Gasteiger charge is 2.41. The molecule has 0 aliphatic heterocycles. The molecule has 0 amide bonds. The molecule has 0 saturated heterocycles. The Balaban J connectivity index is 0.000000135. The van der Waals surface area contributed by atoms with Crippen molar-refractivity contribution in [2.45, 2.75) is 38.6 Å². The molecule has 14 heterocycles. The summed E-state index contributed by atoms with van der Waals surface area (Å²) in [5.41, 5.74) is 30.9. The molecule has 39 heteroatoms. The van der Waals surface area contributed by atoms with Gasteiger partial charge in [0, 0.05) is 104 Å². The van der Waals surface area contributed by atoms with Crippen molar-refractivity contribution in [2.24, 2.45) is 0 Å². The second-order valence-corrected chi connectivity index (χ2v) is 32.8. The van der Waals surface area contributed by atoms with Crippen molar-refractivity contribution in [3.63, 3.8) is 0 Å². The zero-order valence-corrected chi connectivity index (χ0v) is 70.3. The lowest BCUT2D eigenvalue weighted by atomic mass is 10.0. The van der Waals surface area contributed by atoms with Crippen LogP contribution in [-0.4, -0.2) is 84.5 Å². The lowest BCUT2D eigenvalue weighted by Gasteiger charge is -2.11. The maximum Gasteiger partial charge on any atom is 0.417 e. The fourth-order valence-electron chi connectivity index (χ4n) is 12.7. The van der Waals surface area contributed by atoms with Gasteiger partial charge in [-0.25, -0.2) is 34.1 Å². The normalized spacial score (nSPS) is 11.6. The average molecular weight is 1840 g/mol. The number of hydrogen-bond acceptors (Lipinski definition) is 26. The highest BCUT2D eigenvalue weighted by molar-refractivity contribution is 7.23. The Morgan fingerprint density at radius 3 is 1.20 bits per heavy atom. The molecule has 0 spiro atoms. The number of ether oxygens (including phenoxy) is 3. The molecule has 642 valence electrons. The van der Waals surface area contributed by atoms with Crippen LogP contribution in [0.3, 0.4) is 0 Å². The molecule has 14 aromatic heterocycles. The fraction of sp³-hybridized carbons (Fsp3) is 0.103. The van der Waals surface area contributed by atoms with E-state index in [0.29, 0.717) is 65.3 Å². The molecule has 0 unspecified atom stereocenters. The Morgan fingerprint density at radius 1 is 0.381 bits per heavy atom. The summed E-state index contributed by atoms with van der Waals surface area (Å²) >= 11 is 6.19. The van der Waals surface area contributed by atoms with Crippen LogP contribution >= 0.6 is 68.0 Å². The van der Waals surface area contributed by atoms with Crippen molar-refractivity contribution in [1.82, 2.24) is 39.9 Å². The molecule has 20 nitrogen and oxygen atoms in total. The molecular weight excluding hydrogens is 1780 g/mol. The number of aromatic nitrogens is 8. The number of nitrogens with zero attached hydrogens (tertiary/aromatic N) is 8. The predicted molar refractivity (Wildman–Crippen MR) is 467 cm³/mol. The van der Waals surface area contributed by atoms with Crippen LogP contribution in [0.4, 0.5) is 85.5 Å². The third kappa shape index (κ3) is 19.0. The van der Waals surface area contributed by atoms with Gasteiger partial charge in [0.15, 0.2) is 17.3 Å². The van der Waals surface area contributed by atoms with Gasteiger partial charge in [-0.15, -0.1) is 68.0 Å². The van der Waals surface area contributed by atoms with Crippen LogP contribution in [0.25, 0.3) is 112 Å². The van der Waals surface area contributed by atoms with E-state index in [1.165, 1.54) is 86.0 Å². The van der Waals surface area contributed by atoms with Crippen molar-refractivity contribution in [3.8, 4) is 67.1 Å². The Kier molecular flexibility index (Phi) is 26.1. The molecule has 0 saturated carbocycles. The van der Waals surface area contributed by atoms with Crippen LogP contribution in [0.15, 0.2) is 207 Å². The second-order valence-electron chi connectivity index (χ2n) is 26.8. The first kappa shape index (κ1) is 90.0. The lowest BCUT2D eigenvalue weighted by Crippen LogP contribution is -2.08. The van der Waals surface area contributed by atoms with E-state index in [4.69, 9.17) is 43.1 Å². The number of Topliss-reactive ketones (excluding diaryl/α,β-unsaturated/α-hetero) is 1. The summed E-state index contributed by atoms with van der Waals surface area (Å²) in [6.45, 7) is 6.75. The number of halogens is 13. The fourth-order valence-corrected chi connectivity index (χ4v) is 18.6. The maximum atomic E-state index is 13.8. The highest BCUT2D eigenvalue weighted by atomic mass is 32.1. The molecule has 3 aromatic carbocycles. The number of alkyl halides is 12. The number of anilines is 5. The third-order valence-corrected chi connectivity index (χ3v) is 25.2.